The van der Waals surface area contributed by atoms with E-state index in [-0.39, 0.29) is 30.2 Å². The molecule has 0 spiro atoms. The fraction of sp³-hybridized carbons (Fsp3) is 0.625. The Balaban J connectivity index is 2.37. The van der Waals surface area contributed by atoms with Gasteiger partial charge in [0.25, 0.3) is 0 Å². The van der Waals surface area contributed by atoms with Crippen LogP contribution in [-0.2, 0) is 23.9 Å². The number of Topliss-reactive ketones (excluding diaryl/α,β-unsaturated/α-hetero) is 2. The zero-order valence-electron chi connectivity index (χ0n) is 26.9. The highest BCUT2D eigenvalue weighted by molar-refractivity contribution is 6.45. The molecule has 43 heavy (non-hydrogen) atoms. The fourth-order valence-corrected chi connectivity index (χ4v) is 4.86. The predicted molar refractivity (Wildman–Crippen MR) is 162 cm³/mol. The van der Waals surface area contributed by atoms with Gasteiger partial charge in [0, 0.05) is 25.1 Å². The third kappa shape index (κ3) is 10.5. The molecule has 4 amide bonds. The molecule has 0 saturated carbocycles. The van der Waals surface area contributed by atoms with Gasteiger partial charge < -0.3 is 25.6 Å². The number of amides is 4. The highest BCUT2D eigenvalue weighted by atomic mass is 16.6. The van der Waals surface area contributed by atoms with E-state index < -0.39 is 64.5 Å². The van der Waals surface area contributed by atoms with E-state index in [1.54, 1.807) is 59.7 Å². The van der Waals surface area contributed by atoms with Crippen LogP contribution in [0.25, 0.3) is 0 Å². The number of ether oxygens (including phenoxy) is 1. The van der Waals surface area contributed by atoms with Crippen LogP contribution in [0.5, 0.6) is 0 Å². The van der Waals surface area contributed by atoms with E-state index >= 15 is 0 Å². The molecule has 0 aliphatic carbocycles. The number of rotatable bonds is 12. The van der Waals surface area contributed by atoms with E-state index in [0.717, 1.165) is 0 Å². The van der Waals surface area contributed by atoms with Crippen LogP contribution >= 0.6 is 0 Å². The Bertz CT molecular complexity index is 1180. The average molecular weight is 601 g/mol. The normalized spacial score (nSPS) is 17.3. The Kier molecular flexibility index (Phi) is 12.0. The van der Waals surface area contributed by atoms with Crippen molar-refractivity contribution in [1.82, 2.24) is 20.9 Å². The average Bonchev–Trinajstić information content (AvgIpc) is 3.31. The lowest BCUT2D eigenvalue weighted by molar-refractivity contribution is -0.143. The predicted octanol–water partition coefficient (Wildman–Crippen LogP) is 3.26. The van der Waals surface area contributed by atoms with E-state index in [4.69, 9.17) is 4.74 Å². The van der Waals surface area contributed by atoms with Crippen LogP contribution in [0.4, 0.5) is 4.79 Å². The second kappa shape index (κ2) is 14.6. The first kappa shape index (κ1) is 35.4. The monoisotopic (exact) mass is 600 g/mol. The van der Waals surface area contributed by atoms with Crippen molar-refractivity contribution >= 4 is 35.4 Å². The molecule has 0 aromatic heterocycles. The summed E-state index contributed by atoms with van der Waals surface area (Å²) in [5, 5.41) is 8.09. The molecule has 1 aliphatic rings. The van der Waals surface area contributed by atoms with E-state index in [0.29, 0.717) is 13.0 Å². The molecular formula is C32H48N4O7. The Morgan fingerprint density at radius 1 is 1.00 bits per heavy atom. The lowest BCUT2D eigenvalue weighted by Gasteiger charge is -2.37. The minimum absolute atomic E-state index is 0.0291. The summed E-state index contributed by atoms with van der Waals surface area (Å²) in [7, 11) is 1.47. The summed E-state index contributed by atoms with van der Waals surface area (Å²) >= 11 is 0. The molecule has 11 nitrogen and oxygen atoms in total. The summed E-state index contributed by atoms with van der Waals surface area (Å²) in [6, 6.07) is 4.68. The van der Waals surface area contributed by atoms with Crippen molar-refractivity contribution in [3.63, 3.8) is 0 Å². The van der Waals surface area contributed by atoms with Crippen molar-refractivity contribution < 1.29 is 33.5 Å². The first-order valence-electron chi connectivity index (χ1n) is 14.8. The topological polar surface area (TPSA) is 151 Å². The van der Waals surface area contributed by atoms with Crippen LogP contribution in [-0.4, -0.2) is 77.6 Å². The molecule has 1 heterocycles. The van der Waals surface area contributed by atoms with Crippen LogP contribution < -0.4 is 16.0 Å². The number of benzene rings is 1. The SMILES string of the molecule is CC(C)C[C@@H](C(=O)NC(CC1CCNC1=O)C(=O)C(=O)c1ccccc1)N(C)C(=O)[C@@H](NC(=O)OC(C)(C)C)C(C)(C)C. The molecular weight excluding hydrogens is 552 g/mol. The standard InChI is InChI=1S/C32H48N4O7/c1-19(2)17-23(36(9)29(41)26(31(3,4)5)35-30(42)43-32(6,7)8)28(40)34-22(18-21-15-16-33-27(21)39)25(38)24(37)20-13-11-10-12-14-20/h10-14,19,21-23,26H,15-18H2,1-9H3,(H,33,39)(H,34,40)(H,35,42)/t21?,22?,23-,26+/m0/s1. The molecule has 4 atom stereocenters. The molecule has 2 unspecified atom stereocenters. The second-order valence-corrected chi connectivity index (χ2v) is 13.7. The maximum atomic E-state index is 13.9. The number of hydrogen-bond acceptors (Lipinski definition) is 7. The summed E-state index contributed by atoms with van der Waals surface area (Å²) in [6.45, 7) is 14.7. The van der Waals surface area contributed by atoms with Gasteiger partial charge in [-0.15, -0.1) is 0 Å². The molecule has 3 N–H and O–H groups in total. The quantitative estimate of drug-likeness (QED) is 0.246. The number of hydrogen-bond donors (Lipinski definition) is 3. The van der Waals surface area contributed by atoms with Gasteiger partial charge in [0.05, 0.1) is 6.04 Å². The maximum Gasteiger partial charge on any atom is 0.408 e. The van der Waals surface area contributed by atoms with Crippen LogP contribution in [0.1, 0.15) is 85.0 Å². The third-order valence-electron chi connectivity index (χ3n) is 7.16. The molecule has 1 aromatic carbocycles. The van der Waals surface area contributed by atoms with Crippen LogP contribution in [0.3, 0.4) is 0 Å². The molecule has 1 saturated heterocycles. The largest absolute Gasteiger partial charge is 0.444 e. The first-order valence-corrected chi connectivity index (χ1v) is 14.8. The van der Waals surface area contributed by atoms with Gasteiger partial charge in [0.15, 0.2) is 0 Å². The number of nitrogens with one attached hydrogen (secondary N) is 3. The van der Waals surface area contributed by atoms with E-state index in [1.165, 1.54) is 24.1 Å². The van der Waals surface area contributed by atoms with Crippen molar-refractivity contribution in [3.05, 3.63) is 35.9 Å². The number of carbonyl (C=O) groups is 6. The zero-order chi connectivity index (χ0) is 32.7. The molecule has 0 bridgehead atoms. The van der Waals surface area contributed by atoms with Crippen molar-refractivity contribution in [2.75, 3.05) is 13.6 Å². The lowest BCUT2D eigenvalue weighted by atomic mass is 9.85. The molecule has 1 aromatic rings. The maximum absolute atomic E-state index is 13.9. The number of nitrogens with zero attached hydrogens (tertiary/aromatic N) is 1. The highest BCUT2D eigenvalue weighted by Gasteiger charge is 2.41. The zero-order valence-corrected chi connectivity index (χ0v) is 26.9. The van der Waals surface area contributed by atoms with Gasteiger partial charge >= 0.3 is 6.09 Å². The summed E-state index contributed by atoms with van der Waals surface area (Å²) in [4.78, 5) is 80.5. The van der Waals surface area contributed by atoms with Crippen molar-refractivity contribution in [2.45, 2.75) is 98.4 Å². The molecule has 238 valence electrons. The summed E-state index contributed by atoms with van der Waals surface area (Å²) < 4.78 is 5.37. The molecule has 0 radical (unpaired) electrons. The number of likely N-dealkylation sites (N-methyl/N-ethyl adjacent to an activating group) is 1. The molecule has 2 rings (SSSR count). The second-order valence-electron chi connectivity index (χ2n) is 13.7. The summed E-state index contributed by atoms with van der Waals surface area (Å²) in [6.07, 6.45) is -0.102. The van der Waals surface area contributed by atoms with Gasteiger partial charge in [0.1, 0.15) is 17.7 Å². The van der Waals surface area contributed by atoms with Crippen molar-refractivity contribution in [2.24, 2.45) is 17.3 Å². The smallest absolute Gasteiger partial charge is 0.408 e. The molecule has 1 fully saturated rings. The van der Waals surface area contributed by atoms with Crippen molar-refractivity contribution in [1.29, 1.82) is 0 Å². The Hall–Kier alpha value is -3.76. The number of alkyl carbamates (subject to hydrolysis) is 1. The van der Waals surface area contributed by atoms with Crippen LogP contribution in [0.2, 0.25) is 0 Å². The van der Waals surface area contributed by atoms with E-state index in [2.05, 4.69) is 16.0 Å². The Morgan fingerprint density at radius 3 is 2.09 bits per heavy atom. The van der Waals surface area contributed by atoms with Gasteiger partial charge in [-0.25, -0.2) is 4.79 Å². The minimum atomic E-state index is -1.27. The summed E-state index contributed by atoms with van der Waals surface area (Å²) in [5.41, 5.74) is -1.34. The van der Waals surface area contributed by atoms with Gasteiger partial charge in [-0.2, -0.15) is 0 Å². The summed E-state index contributed by atoms with van der Waals surface area (Å²) in [5.74, 6) is -3.59. The van der Waals surface area contributed by atoms with Crippen LogP contribution in [0.15, 0.2) is 30.3 Å². The van der Waals surface area contributed by atoms with Gasteiger partial charge in [-0.1, -0.05) is 65.0 Å². The Morgan fingerprint density at radius 2 is 1.60 bits per heavy atom. The Labute approximate surface area is 254 Å². The van der Waals surface area contributed by atoms with Crippen LogP contribution in [0, 0.1) is 17.3 Å². The fourth-order valence-electron chi connectivity index (χ4n) is 4.86. The number of carbonyl (C=O) groups excluding carboxylic acids is 6. The van der Waals surface area contributed by atoms with Crippen molar-refractivity contribution in [3.8, 4) is 0 Å². The lowest BCUT2D eigenvalue weighted by Crippen LogP contribution is -2.60. The molecule has 1 aliphatic heterocycles. The number of ketones is 2. The minimum Gasteiger partial charge on any atom is -0.444 e. The van der Waals surface area contributed by atoms with E-state index in [1.807, 2.05) is 13.8 Å². The van der Waals surface area contributed by atoms with Gasteiger partial charge in [0.2, 0.25) is 29.3 Å². The van der Waals surface area contributed by atoms with Gasteiger partial charge in [-0.3, -0.25) is 24.0 Å². The van der Waals surface area contributed by atoms with E-state index in [9.17, 15) is 28.8 Å². The molecule has 11 heteroatoms. The highest BCUT2D eigenvalue weighted by Crippen LogP contribution is 2.24. The first-order chi connectivity index (χ1) is 19.8. The third-order valence-corrected chi connectivity index (χ3v) is 7.16. The van der Waals surface area contributed by atoms with Gasteiger partial charge in [-0.05, 0) is 51.4 Å².